The Bertz CT molecular complexity index is 1420. The molecule has 0 spiro atoms. The zero-order chi connectivity index (χ0) is 27.1. The molecule has 0 unspecified atom stereocenters. The summed E-state index contributed by atoms with van der Waals surface area (Å²) < 4.78 is 11.3. The molecule has 0 aliphatic heterocycles. The Hall–Kier alpha value is -3.44. The second kappa shape index (κ2) is 9.79. The standard InChI is InChI=1S/C32H36O4S/c1-31(2,3)25-16-20(35-7)14-23(28(25)33)27-18-22(19-12-10-9-11-13-19)30(37-27)24-15-21(36-8)17-26(29(24)34)32(4,5)6/h9-18,33-34H,1-8H3. The van der Waals surface area contributed by atoms with Crippen LogP contribution in [0.25, 0.3) is 32.0 Å². The van der Waals surface area contributed by atoms with Gasteiger partial charge in [-0.1, -0.05) is 71.9 Å². The van der Waals surface area contributed by atoms with Crippen LogP contribution in [0.4, 0.5) is 0 Å². The molecule has 194 valence electrons. The van der Waals surface area contributed by atoms with E-state index in [1.807, 2.05) is 42.5 Å². The summed E-state index contributed by atoms with van der Waals surface area (Å²) in [5.74, 6) is 1.86. The quantitative estimate of drug-likeness (QED) is 0.278. The highest BCUT2D eigenvalue weighted by Crippen LogP contribution is 2.52. The molecule has 5 heteroatoms. The van der Waals surface area contributed by atoms with Gasteiger partial charge in [0.05, 0.1) is 14.2 Å². The Morgan fingerprint density at radius 2 is 1.11 bits per heavy atom. The number of hydrogen-bond acceptors (Lipinski definition) is 5. The highest BCUT2D eigenvalue weighted by molar-refractivity contribution is 7.19. The third kappa shape index (κ3) is 5.19. The van der Waals surface area contributed by atoms with Gasteiger partial charge in [-0.2, -0.15) is 0 Å². The molecule has 4 aromatic rings. The van der Waals surface area contributed by atoms with Crippen LogP contribution in [0.3, 0.4) is 0 Å². The van der Waals surface area contributed by atoms with Crippen LogP contribution in [0.1, 0.15) is 52.7 Å². The van der Waals surface area contributed by atoms with Gasteiger partial charge in [0.15, 0.2) is 0 Å². The number of thiophene rings is 1. The number of ether oxygens (including phenoxy) is 2. The first-order valence-electron chi connectivity index (χ1n) is 12.4. The zero-order valence-electron chi connectivity index (χ0n) is 22.9. The van der Waals surface area contributed by atoms with Crippen LogP contribution >= 0.6 is 11.3 Å². The number of phenolic OH excluding ortho intramolecular Hbond substituents is 2. The molecule has 0 bridgehead atoms. The fourth-order valence-electron chi connectivity index (χ4n) is 4.51. The molecular formula is C32H36O4S. The Kier molecular flexibility index (Phi) is 7.04. The lowest BCUT2D eigenvalue weighted by Gasteiger charge is -2.23. The first kappa shape index (κ1) is 26.6. The van der Waals surface area contributed by atoms with Crippen molar-refractivity contribution in [3.05, 3.63) is 71.8 Å². The number of methoxy groups -OCH3 is 2. The summed E-state index contributed by atoms with van der Waals surface area (Å²) in [5, 5.41) is 22.9. The van der Waals surface area contributed by atoms with Gasteiger partial charge in [-0.15, -0.1) is 11.3 Å². The van der Waals surface area contributed by atoms with Crippen LogP contribution in [0.5, 0.6) is 23.0 Å². The predicted octanol–water partition coefficient (Wildman–Crippen LogP) is 8.77. The monoisotopic (exact) mass is 516 g/mol. The predicted molar refractivity (Wildman–Crippen MR) is 154 cm³/mol. The van der Waals surface area contributed by atoms with Crippen molar-refractivity contribution < 1.29 is 19.7 Å². The van der Waals surface area contributed by atoms with Crippen molar-refractivity contribution in [2.24, 2.45) is 0 Å². The second-order valence-corrected chi connectivity index (χ2v) is 12.4. The molecule has 3 aromatic carbocycles. The van der Waals surface area contributed by atoms with Crippen LogP contribution in [0, 0.1) is 0 Å². The molecule has 0 atom stereocenters. The Morgan fingerprint density at radius 3 is 1.59 bits per heavy atom. The van der Waals surface area contributed by atoms with E-state index in [1.165, 1.54) is 11.3 Å². The molecule has 0 aliphatic carbocycles. The molecule has 4 nitrogen and oxygen atoms in total. The molecule has 0 amide bonds. The van der Waals surface area contributed by atoms with E-state index >= 15 is 0 Å². The van der Waals surface area contributed by atoms with Gasteiger partial charge in [0.2, 0.25) is 0 Å². The first-order valence-corrected chi connectivity index (χ1v) is 13.2. The Balaban J connectivity index is 2.06. The molecule has 1 heterocycles. The Morgan fingerprint density at radius 1 is 0.622 bits per heavy atom. The molecule has 0 radical (unpaired) electrons. The highest BCUT2D eigenvalue weighted by Gasteiger charge is 2.27. The smallest absolute Gasteiger partial charge is 0.128 e. The van der Waals surface area contributed by atoms with E-state index in [0.29, 0.717) is 22.6 Å². The van der Waals surface area contributed by atoms with Crippen molar-refractivity contribution in [2.75, 3.05) is 14.2 Å². The van der Waals surface area contributed by atoms with Crippen molar-refractivity contribution in [3.8, 4) is 55.0 Å². The van der Waals surface area contributed by atoms with E-state index in [0.717, 1.165) is 32.0 Å². The summed E-state index contributed by atoms with van der Waals surface area (Å²) in [5.41, 5.74) is 4.48. The maximum Gasteiger partial charge on any atom is 0.128 e. The maximum absolute atomic E-state index is 11.5. The third-order valence-corrected chi connectivity index (χ3v) is 7.78. The van der Waals surface area contributed by atoms with Crippen molar-refractivity contribution in [1.82, 2.24) is 0 Å². The summed E-state index contributed by atoms with van der Waals surface area (Å²) in [6.45, 7) is 12.4. The number of phenols is 2. The van der Waals surface area contributed by atoms with Crippen LogP contribution in [0.2, 0.25) is 0 Å². The SMILES string of the molecule is COc1cc(-c2cc(-c3ccccc3)c(-c3cc(OC)cc(C(C)(C)C)c3O)s2)c(O)c(C(C)(C)C)c1. The molecular weight excluding hydrogens is 480 g/mol. The average molecular weight is 517 g/mol. The van der Waals surface area contributed by atoms with E-state index in [2.05, 4.69) is 59.7 Å². The van der Waals surface area contributed by atoms with Gasteiger partial charge >= 0.3 is 0 Å². The number of rotatable bonds is 5. The molecule has 0 fully saturated rings. The van der Waals surface area contributed by atoms with Gasteiger partial charge in [0.1, 0.15) is 23.0 Å². The minimum atomic E-state index is -0.285. The maximum atomic E-state index is 11.5. The second-order valence-electron chi connectivity index (χ2n) is 11.4. The van der Waals surface area contributed by atoms with Crippen molar-refractivity contribution in [2.45, 2.75) is 52.4 Å². The zero-order valence-corrected chi connectivity index (χ0v) is 23.7. The summed E-state index contributed by atoms with van der Waals surface area (Å²) >= 11 is 1.53. The normalized spacial score (nSPS) is 12.0. The Labute approximate surface area is 224 Å². The lowest BCUT2D eigenvalue weighted by molar-refractivity contribution is 0.406. The van der Waals surface area contributed by atoms with E-state index < -0.39 is 0 Å². The van der Waals surface area contributed by atoms with Gasteiger partial charge in [0, 0.05) is 37.6 Å². The summed E-state index contributed by atoms with van der Waals surface area (Å²) in [6, 6.07) is 19.8. The van der Waals surface area contributed by atoms with Gasteiger partial charge < -0.3 is 19.7 Å². The summed E-state index contributed by atoms with van der Waals surface area (Å²) in [4.78, 5) is 1.79. The molecule has 4 rings (SSSR count). The van der Waals surface area contributed by atoms with Gasteiger partial charge in [-0.05, 0) is 46.7 Å². The fraction of sp³-hybridized carbons (Fsp3) is 0.312. The first-order chi connectivity index (χ1) is 17.3. The van der Waals surface area contributed by atoms with E-state index in [4.69, 9.17) is 9.47 Å². The topological polar surface area (TPSA) is 58.9 Å². The minimum absolute atomic E-state index is 0.240. The lowest BCUT2D eigenvalue weighted by Crippen LogP contribution is -2.12. The molecule has 0 saturated carbocycles. The lowest BCUT2D eigenvalue weighted by atomic mass is 9.84. The number of hydrogen-bond donors (Lipinski definition) is 2. The molecule has 0 aliphatic rings. The van der Waals surface area contributed by atoms with Gasteiger partial charge in [-0.3, -0.25) is 0 Å². The van der Waals surface area contributed by atoms with Crippen LogP contribution in [-0.2, 0) is 10.8 Å². The third-order valence-electron chi connectivity index (χ3n) is 6.58. The van der Waals surface area contributed by atoms with Crippen LogP contribution < -0.4 is 9.47 Å². The molecule has 2 N–H and O–H groups in total. The number of benzene rings is 3. The van der Waals surface area contributed by atoms with Crippen LogP contribution in [-0.4, -0.2) is 24.4 Å². The summed E-state index contributed by atoms with van der Waals surface area (Å²) in [7, 11) is 3.28. The molecule has 1 aromatic heterocycles. The minimum Gasteiger partial charge on any atom is -0.507 e. The largest absolute Gasteiger partial charge is 0.507 e. The highest BCUT2D eigenvalue weighted by atomic mass is 32.1. The average Bonchev–Trinajstić information content (AvgIpc) is 3.28. The van der Waals surface area contributed by atoms with E-state index in [-0.39, 0.29) is 22.3 Å². The van der Waals surface area contributed by atoms with E-state index in [9.17, 15) is 10.2 Å². The van der Waals surface area contributed by atoms with Crippen LogP contribution in [0.15, 0.2) is 60.7 Å². The van der Waals surface area contributed by atoms with Crippen molar-refractivity contribution >= 4 is 11.3 Å². The van der Waals surface area contributed by atoms with Gasteiger partial charge in [0.25, 0.3) is 0 Å². The fourth-order valence-corrected chi connectivity index (χ4v) is 5.73. The van der Waals surface area contributed by atoms with Gasteiger partial charge in [-0.25, -0.2) is 0 Å². The molecule has 0 saturated heterocycles. The van der Waals surface area contributed by atoms with Crippen molar-refractivity contribution in [3.63, 3.8) is 0 Å². The molecule has 37 heavy (non-hydrogen) atoms. The summed E-state index contributed by atoms with van der Waals surface area (Å²) in [6.07, 6.45) is 0. The van der Waals surface area contributed by atoms with Crippen molar-refractivity contribution in [1.29, 1.82) is 0 Å². The van der Waals surface area contributed by atoms with E-state index in [1.54, 1.807) is 14.2 Å². The number of aromatic hydroxyl groups is 2.